The molecule has 0 saturated carbocycles. The van der Waals surface area contributed by atoms with Crippen molar-refractivity contribution < 1.29 is 8.42 Å². The monoisotopic (exact) mass is 292 g/mol. The van der Waals surface area contributed by atoms with Crippen LogP contribution in [0.1, 0.15) is 35.8 Å². The maximum atomic E-state index is 11.9. The van der Waals surface area contributed by atoms with E-state index in [1.165, 1.54) is 23.1 Å². The quantitative estimate of drug-likeness (QED) is 0.823. The summed E-state index contributed by atoms with van der Waals surface area (Å²) in [6.07, 6.45) is 3.25. The molecule has 4 atom stereocenters. The molecule has 0 radical (unpaired) electrons. The summed E-state index contributed by atoms with van der Waals surface area (Å²) >= 11 is 0. The molecular weight excluding hydrogens is 272 g/mol. The van der Waals surface area contributed by atoms with Gasteiger partial charge in [-0.3, -0.25) is 0 Å². The smallest absolute Gasteiger partial charge is 0.151 e. The van der Waals surface area contributed by atoms with Gasteiger partial charge in [0.05, 0.1) is 5.25 Å². The van der Waals surface area contributed by atoms with Crippen molar-refractivity contribution in [3.63, 3.8) is 0 Å². The summed E-state index contributed by atoms with van der Waals surface area (Å²) in [5.41, 5.74) is 4.08. The van der Waals surface area contributed by atoms with Crippen molar-refractivity contribution in [3.8, 4) is 0 Å². The molecule has 1 aromatic carbocycles. The molecule has 3 aliphatic rings. The summed E-state index contributed by atoms with van der Waals surface area (Å²) in [6.45, 7) is 1.63. The molecule has 2 aliphatic heterocycles. The first-order chi connectivity index (χ1) is 9.54. The highest BCUT2D eigenvalue weighted by molar-refractivity contribution is 7.91. The van der Waals surface area contributed by atoms with E-state index in [2.05, 4.69) is 28.8 Å². The Bertz CT molecular complexity index is 656. The predicted octanol–water partition coefficient (Wildman–Crippen LogP) is 1.46. The van der Waals surface area contributed by atoms with E-state index >= 15 is 0 Å². The van der Waals surface area contributed by atoms with Crippen molar-refractivity contribution in [1.29, 1.82) is 0 Å². The average Bonchev–Trinajstić information content (AvgIpc) is 2.82. The van der Waals surface area contributed by atoms with E-state index < -0.39 is 9.84 Å². The number of fused-ring (bicyclic) bond motifs is 2. The summed E-state index contributed by atoms with van der Waals surface area (Å²) in [5.74, 6) is 0.930. The van der Waals surface area contributed by atoms with Crippen LogP contribution in [0.5, 0.6) is 0 Å². The van der Waals surface area contributed by atoms with Gasteiger partial charge < -0.3 is 10.6 Å². The zero-order chi connectivity index (χ0) is 13.9. The first-order valence-electron chi connectivity index (χ1n) is 7.33. The Morgan fingerprint density at radius 3 is 2.85 bits per heavy atom. The van der Waals surface area contributed by atoms with E-state index in [-0.39, 0.29) is 5.25 Å². The molecule has 0 amide bonds. The molecule has 1 saturated heterocycles. The van der Waals surface area contributed by atoms with Crippen LogP contribution in [0.25, 0.3) is 0 Å². The van der Waals surface area contributed by atoms with Crippen LogP contribution in [0, 0.1) is 0 Å². The summed E-state index contributed by atoms with van der Waals surface area (Å²) in [6, 6.07) is 6.86. The van der Waals surface area contributed by atoms with Gasteiger partial charge in [-0.15, -0.1) is 0 Å². The van der Waals surface area contributed by atoms with Crippen LogP contribution in [-0.4, -0.2) is 39.1 Å². The van der Waals surface area contributed by atoms with Gasteiger partial charge in [0.2, 0.25) is 0 Å². The summed E-state index contributed by atoms with van der Waals surface area (Å²) in [7, 11) is -2.97. The number of hydrogen-bond acceptors (Lipinski definition) is 4. The Kier molecular flexibility index (Phi) is 2.67. The van der Waals surface area contributed by atoms with Crippen LogP contribution in [0.2, 0.25) is 0 Å². The second kappa shape index (κ2) is 4.21. The predicted molar refractivity (Wildman–Crippen MR) is 80.1 cm³/mol. The van der Waals surface area contributed by atoms with Crippen molar-refractivity contribution in [3.05, 3.63) is 29.3 Å². The Balaban J connectivity index is 1.75. The van der Waals surface area contributed by atoms with E-state index in [0.717, 1.165) is 19.4 Å². The maximum Gasteiger partial charge on any atom is 0.151 e. The number of anilines is 1. The minimum absolute atomic E-state index is 0.245. The second-order valence-corrected chi connectivity index (χ2v) is 8.76. The third-order valence-electron chi connectivity index (χ3n) is 5.24. The molecule has 0 spiro atoms. The molecule has 1 aliphatic carbocycles. The summed E-state index contributed by atoms with van der Waals surface area (Å²) in [5, 5.41) is 6.74. The fourth-order valence-corrected chi connectivity index (χ4v) is 5.19. The molecule has 2 unspecified atom stereocenters. The molecule has 2 N–H and O–H groups in total. The third kappa shape index (κ3) is 1.79. The van der Waals surface area contributed by atoms with E-state index in [4.69, 9.17) is 0 Å². The minimum atomic E-state index is -2.97. The molecule has 108 valence electrons. The van der Waals surface area contributed by atoms with Gasteiger partial charge in [0.15, 0.2) is 9.84 Å². The largest absolute Gasteiger partial charge is 0.384 e. The fourth-order valence-electron chi connectivity index (χ4n) is 4.23. The summed E-state index contributed by atoms with van der Waals surface area (Å²) in [4.78, 5) is 0. The van der Waals surface area contributed by atoms with Crippen LogP contribution in [0.4, 0.5) is 5.69 Å². The summed E-state index contributed by atoms with van der Waals surface area (Å²) < 4.78 is 23.7. The molecule has 0 bridgehead atoms. The zero-order valence-corrected chi connectivity index (χ0v) is 12.4. The Hall–Kier alpha value is -1.07. The molecule has 5 heteroatoms. The number of piperidine rings is 1. The number of hydrogen-bond donors (Lipinski definition) is 2. The first-order valence-corrected chi connectivity index (χ1v) is 9.28. The van der Waals surface area contributed by atoms with Crippen molar-refractivity contribution >= 4 is 15.5 Å². The van der Waals surface area contributed by atoms with Crippen molar-refractivity contribution in [2.24, 2.45) is 0 Å². The van der Waals surface area contributed by atoms with E-state index in [9.17, 15) is 8.42 Å². The topological polar surface area (TPSA) is 58.2 Å². The van der Waals surface area contributed by atoms with Crippen molar-refractivity contribution in [2.75, 3.05) is 24.7 Å². The molecule has 1 fully saturated rings. The van der Waals surface area contributed by atoms with Crippen molar-refractivity contribution in [1.82, 2.24) is 5.32 Å². The lowest BCUT2D eigenvalue weighted by Crippen LogP contribution is -2.51. The van der Waals surface area contributed by atoms with Crippen LogP contribution < -0.4 is 10.6 Å². The molecule has 4 rings (SSSR count). The van der Waals surface area contributed by atoms with E-state index in [1.807, 2.05) is 0 Å². The standard InChI is InChI=1S/C15H20N2O2S/c1-20(18,19)10-6-12-11-3-2-4-13-15(11)9(7-16-13)5-14(12)17-8-10/h2-4,9-10,12,14,16-17H,5-8H2,1H3/t9?,10?,12-,14-/m1/s1. The van der Waals surface area contributed by atoms with Crippen molar-refractivity contribution in [2.45, 2.75) is 36.0 Å². The van der Waals surface area contributed by atoms with Crippen LogP contribution in [0.15, 0.2) is 18.2 Å². The van der Waals surface area contributed by atoms with Gasteiger partial charge in [0.25, 0.3) is 0 Å². The molecule has 2 heterocycles. The van der Waals surface area contributed by atoms with Crippen LogP contribution in [0.3, 0.4) is 0 Å². The number of rotatable bonds is 1. The van der Waals surface area contributed by atoms with Gasteiger partial charge in [-0.05, 0) is 30.0 Å². The van der Waals surface area contributed by atoms with Gasteiger partial charge in [-0.1, -0.05) is 12.1 Å². The Labute approximate surface area is 119 Å². The van der Waals surface area contributed by atoms with Crippen LogP contribution >= 0.6 is 0 Å². The average molecular weight is 292 g/mol. The maximum absolute atomic E-state index is 11.9. The van der Waals surface area contributed by atoms with Gasteiger partial charge >= 0.3 is 0 Å². The lowest BCUT2D eigenvalue weighted by atomic mass is 9.71. The zero-order valence-electron chi connectivity index (χ0n) is 11.6. The second-order valence-electron chi connectivity index (χ2n) is 6.43. The van der Waals surface area contributed by atoms with E-state index in [0.29, 0.717) is 24.4 Å². The highest BCUT2D eigenvalue weighted by atomic mass is 32.2. The minimum Gasteiger partial charge on any atom is -0.384 e. The van der Waals surface area contributed by atoms with Crippen LogP contribution in [-0.2, 0) is 9.84 Å². The molecule has 0 aromatic heterocycles. The van der Waals surface area contributed by atoms with E-state index in [1.54, 1.807) is 0 Å². The fraction of sp³-hybridized carbons (Fsp3) is 0.600. The molecule has 1 aromatic rings. The molecule has 20 heavy (non-hydrogen) atoms. The van der Waals surface area contributed by atoms with Gasteiger partial charge in [-0.25, -0.2) is 8.42 Å². The number of nitrogens with one attached hydrogen (secondary N) is 2. The first kappa shape index (κ1) is 12.7. The number of benzene rings is 1. The Morgan fingerprint density at radius 1 is 1.20 bits per heavy atom. The number of sulfone groups is 1. The highest BCUT2D eigenvalue weighted by Gasteiger charge is 2.43. The Morgan fingerprint density at radius 2 is 2.05 bits per heavy atom. The SMILES string of the molecule is CS(=O)(=O)C1CN[C@@H]2CC3CNc4cccc(c43)[C@H]2C1. The molecule has 4 nitrogen and oxygen atoms in total. The molecular formula is C15H20N2O2S. The third-order valence-corrected chi connectivity index (χ3v) is 6.81. The highest BCUT2D eigenvalue weighted by Crippen LogP contribution is 2.48. The van der Waals surface area contributed by atoms with Gasteiger partial charge in [-0.2, -0.15) is 0 Å². The normalized spacial score (nSPS) is 35.0. The van der Waals surface area contributed by atoms with Gasteiger partial charge in [0.1, 0.15) is 0 Å². The lowest BCUT2D eigenvalue weighted by molar-refractivity contribution is 0.304. The van der Waals surface area contributed by atoms with Gasteiger partial charge in [0, 0.05) is 42.9 Å². The lowest BCUT2D eigenvalue weighted by Gasteiger charge is -2.42.